The Bertz CT molecular complexity index is 664. The monoisotopic (exact) mass is 321 g/mol. The Labute approximate surface area is 122 Å². The molecule has 0 spiro atoms. The van der Waals surface area contributed by atoms with Gasteiger partial charge in [-0.15, -0.1) is 17.0 Å². The highest BCUT2D eigenvalue weighted by Crippen LogP contribution is 2.31. The molecule has 0 N–H and O–H groups in total. The van der Waals surface area contributed by atoms with Crippen LogP contribution in [0, 0.1) is 0 Å². The van der Waals surface area contributed by atoms with Crippen molar-refractivity contribution in [3.8, 4) is 17.0 Å². The predicted octanol–water partition coefficient (Wildman–Crippen LogP) is 2.13. The van der Waals surface area contributed by atoms with E-state index in [0.717, 1.165) is 34.5 Å². The molecule has 1 aromatic heterocycles. The first-order chi connectivity index (χ1) is 8.81. The number of fused-ring (bicyclic) bond motifs is 3. The summed E-state index contributed by atoms with van der Waals surface area (Å²) in [7, 11) is 3.78. The largest absolute Gasteiger partial charge is 0.493 e. The minimum Gasteiger partial charge on any atom is -0.493 e. The average molecular weight is 322 g/mol. The molecule has 2 heterocycles. The molecule has 5 heteroatoms. The summed E-state index contributed by atoms with van der Waals surface area (Å²) in [6.45, 7) is 0.665. The van der Waals surface area contributed by atoms with E-state index in [9.17, 15) is 0 Å². The highest BCUT2D eigenvalue weighted by Gasteiger charge is 2.18. The van der Waals surface area contributed by atoms with E-state index in [-0.39, 0.29) is 17.0 Å². The molecule has 3 rings (SSSR count). The van der Waals surface area contributed by atoms with Gasteiger partial charge in [-0.25, -0.2) is 4.98 Å². The summed E-state index contributed by atoms with van der Waals surface area (Å²) in [6, 6.07) is 8.03. The number of para-hydroxylation sites is 1. The van der Waals surface area contributed by atoms with Crippen LogP contribution in [0.3, 0.4) is 0 Å². The lowest BCUT2D eigenvalue weighted by atomic mass is 10.1. The summed E-state index contributed by atoms with van der Waals surface area (Å²) < 4.78 is 7.73. The Balaban J connectivity index is 0.00000133. The van der Waals surface area contributed by atoms with Gasteiger partial charge in [0.15, 0.2) is 0 Å². The predicted molar refractivity (Wildman–Crippen MR) is 79.7 cm³/mol. The van der Waals surface area contributed by atoms with Gasteiger partial charge in [0.25, 0.3) is 0 Å². The topological polar surface area (TPSA) is 39.4 Å². The quantitative estimate of drug-likeness (QED) is 0.745. The third kappa shape index (κ3) is 2.30. The SMILES string of the molecule is Br.CN=c1c2c(ncn1C)-c1ccccc1OCC2. The van der Waals surface area contributed by atoms with Crippen molar-refractivity contribution >= 4 is 17.0 Å². The highest BCUT2D eigenvalue weighted by molar-refractivity contribution is 8.93. The number of ether oxygens (including phenoxy) is 1. The molecule has 1 aliphatic heterocycles. The first-order valence-electron chi connectivity index (χ1n) is 6.01. The van der Waals surface area contributed by atoms with Gasteiger partial charge in [0.05, 0.1) is 18.6 Å². The summed E-state index contributed by atoms with van der Waals surface area (Å²) in [4.78, 5) is 8.92. The molecule has 0 radical (unpaired) electrons. The van der Waals surface area contributed by atoms with Crippen LogP contribution in [0.5, 0.6) is 5.75 Å². The number of rotatable bonds is 0. The van der Waals surface area contributed by atoms with Crippen molar-refractivity contribution in [2.75, 3.05) is 13.7 Å². The Morgan fingerprint density at radius 1 is 1.32 bits per heavy atom. The lowest BCUT2D eigenvalue weighted by Crippen LogP contribution is -2.24. The maximum absolute atomic E-state index is 5.78. The molecular formula is C14H16BrN3O. The van der Waals surface area contributed by atoms with Crippen LogP contribution in [0.2, 0.25) is 0 Å². The van der Waals surface area contributed by atoms with Crippen LogP contribution < -0.4 is 10.2 Å². The molecule has 1 aromatic carbocycles. The molecule has 0 bridgehead atoms. The van der Waals surface area contributed by atoms with E-state index in [0.29, 0.717) is 6.61 Å². The fourth-order valence-electron chi connectivity index (χ4n) is 2.40. The zero-order chi connectivity index (χ0) is 12.5. The Hall–Kier alpha value is -1.62. The van der Waals surface area contributed by atoms with Crippen molar-refractivity contribution in [3.05, 3.63) is 41.6 Å². The third-order valence-electron chi connectivity index (χ3n) is 3.21. The third-order valence-corrected chi connectivity index (χ3v) is 3.21. The molecule has 0 fully saturated rings. The fraction of sp³-hybridized carbons (Fsp3) is 0.286. The molecule has 100 valence electrons. The van der Waals surface area contributed by atoms with Gasteiger partial charge in [-0.05, 0) is 12.1 Å². The standard InChI is InChI=1S/C14H15N3O.BrH/c1-15-14-11-7-8-18-12-6-4-3-5-10(12)13(11)16-9-17(14)2;/h3-6,9H,7-8H2,1-2H3;1H. The van der Waals surface area contributed by atoms with E-state index >= 15 is 0 Å². The number of aromatic nitrogens is 2. The minimum absolute atomic E-state index is 0. The lowest BCUT2D eigenvalue weighted by Gasteiger charge is -2.09. The summed E-state index contributed by atoms with van der Waals surface area (Å²) >= 11 is 0. The van der Waals surface area contributed by atoms with E-state index in [1.165, 1.54) is 0 Å². The Morgan fingerprint density at radius 2 is 2.11 bits per heavy atom. The van der Waals surface area contributed by atoms with Gasteiger partial charge in [-0.2, -0.15) is 0 Å². The van der Waals surface area contributed by atoms with Crippen molar-refractivity contribution in [1.29, 1.82) is 0 Å². The summed E-state index contributed by atoms with van der Waals surface area (Å²) in [5.41, 5.74) is 4.17. The Morgan fingerprint density at radius 3 is 2.89 bits per heavy atom. The molecule has 2 aromatic rings. The van der Waals surface area contributed by atoms with E-state index in [4.69, 9.17) is 4.74 Å². The minimum atomic E-state index is 0. The second-order valence-corrected chi connectivity index (χ2v) is 4.32. The Kier molecular flexibility index (Phi) is 4.04. The van der Waals surface area contributed by atoms with Gasteiger partial charge in [0.1, 0.15) is 11.2 Å². The van der Waals surface area contributed by atoms with Crippen LogP contribution in [0.15, 0.2) is 35.6 Å². The van der Waals surface area contributed by atoms with Gasteiger partial charge in [0, 0.05) is 31.6 Å². The number of aryl methyl sites for hydroxylation is 1. The van der Waals surface area contributed by atoms with E-state index in [1.807, 2.05) is 49.3 Å². The van der Waals surface area contributed by atoms with Crippen LogP contribution in [0.25, 0.3) is 11.3 Å². The lowest BCUT2D eigenvalue weighted by molar-refractivity contribution is 0.326. The first kappa shape index (κ1) is 13.8. The molecule has 4 nitrogen and oxygen atoms in total. The molecule has 0 atom stereocenters. The average Bonchev–Trinajstić information content (AvgIpc) is 2.58. The zero-order valence-electron chi connectivity index (χ0n) is 11.0. The van der Waals surface area contributed by atoms with Crippen molar-refractivity contribution in [3.63, 3.8) is 0 Å². The molecular weight excluding hydrogens is 306 g/mol. The van der Waals surface area contributed by atoms with Crippen molar-refractivity contribution in [1.82, 2.24) is 9.55 Å². The van der Waals surface area contributed by atoms with Crippen molar-refractivity contribution in [2.24, 2.45) is 12.0 Å². The second-order valence-electron chi connectivity index (χ2n) is 4.32. The van der Waals surface area contributed by atoms with Gasteiger partial charge in [-0.1, -0.05) is 12.1 Å². The van der Waals surface area contributed by atoms with Crippen LogP contribution in [-0.4, -0.2) is 23.2 Å². The molecule has 19 heavy (non-hydrogen) atoms. The number of nitrogens with zero attached hydrogens (tertiary/aromatic N) is 3. The van der Waals surface area contributed by atoms with Gasteiger partial charge < -0.3 is 9.30 Å². The summed E-state index contributed by atoms with van der Waals surface area (Å²) in [5, 5.41) is 0. The van der Waals surface area contributed by atoms with Crippen molar-refractivity contribution < 1.29 is 4.74 Å². The maximum Gasteiger partial charge on any atom is 0.133 e. The van der Waals surface area contributed by atoms with E-state index in [2.05, 4.69) is 9.98 Å². The van der Waals surface area contributed by atoms with Crippen molar-refractivity contribution in [2.45, 2.75) is 6.42 Å². The van der Waals surface area contributed by atoms with E-state index < -0.39 is 0 Å². The molecule has 0 aliphatic carbocycles. The second kappa shape index (κ2) is 5.57. The normalized spacial score (nSPS) is 13.7. The number of hydrogen-bond acceptors (Lipinski definition) is 3. The maximum atomic E-state index is 5.78. The van der Waals surface area contributed by atoms with Crippen LogP contribution in [0.1, 0.15) is 5.56 Å². The summed E-state index contributed by atoms with van der Waals surface area (Å²) in [5.74, 6) is 0.902. The smallest absolute Gasteiger partial charge is 0.133 e. The molecule has 0 amide bonds. The van der Waals surface area contributed by atoms with E-state index in [1.54, 1.807) is 0 Å². The van der Waals surface area contributed by atoms with Gasteiger partial charge in [0.2, 0.25) is 0 Å². The molecule has 1 aliphatic rings. The van der Waals surface area contributed by atoms with Crippen LogP contribution >= 0.6 is 17.0 Å². The number of benzene rings is 1. The highest BCUT2D eigenvalue weighted by atomic mass is 79.9. The molecule has 0 saturated carbocycles. The zero-order valence-corrected chi connectivity index (χ0v) is 12.7. The van der Waals surface area contributed by atoms with Gasteiger partial charge >= 0.3 is 0 Å². The molecule has 0 unspecified atom stereocenters. The fourth-order valence-corrected chi connectivity index (χ4v) is 2.40. The first-order valence-corrected chi connectivity index (χ1v) is 6.01. The van der Waals surface area contributed by atoms with Crippen LogP contribution in [-0.2, 0) is 13.5 Å². The van der Waals surface area contributed by atoms with Gasteiger partial charge in [-0.3, -0.25) is 4.99 Å². The molecule has 0 saturated heterocycles. The summed E-state index contributed by atoms with van der Waals surface area (Å²) in [6.07, 6.45) is 2.64. The number of halogens is 1. The van der Waals surface area contributed by atoms with Crippen LogP contribution in [0.4, 0.5) is 0 Å². The number of hydrogen-bond donors (Lipinski definition) is 0.